The fraction of sp³-hybridized carbons (Fsp3) is 0.500. The number of nitrogens with one attached hydrogen (secondary N) is 1. The lowest BCUT2D eigenvalue weighted by molar-refractivity contribution is -0.143. The minimum Gasteiger partial charge on any atom is -0.489 e. The van der Waals surface area contributed by atoms with Crippen LogP contribution in [0, 0.1) is 12.8 Å². The number of aromatic nitrogens is 3. The number of aromatic amines is 1. The Kier molecular flexibility index (Phi) is 5.33. The molecule has 1 aliphatic rings. The molecule has 1 aliphatic carbocycles. The number of carboxylic acid groups (broad SMARTS) is 1. The zero-order valence-corrected chi connectivity index (χ0v) is 14.2. The monoisotopic (exact) mass is 345 g/mol. The number of aliphatic hydroxyl groups excluding tert-OH is 1. The second-order valence-electron chi connectivity index (χ2n) is 6.46. The third-order valence-corrected chi connectivity index (χ3v) is 4.66. The van der Waals surface area contributed by atoms with Gasteiger partial charge in [-0.3, -0.25) is 9.89 Å². The standard InChI is InChI=1S/C18H23N3O4/c1-11-17(25-13-4-2-3-12(9-13)18(23)24)6-5-15(20-11)14-10-19-21-16(14)7-8-22/h5-6,10,12-13,22H,2-4,7-9H2,1H3,(H,19,21)(H,23,24). The van der Waals surface area contributed by atoms with Gasteiger partial charge in [0.2, 0.25) is 0 Å². The fourth-order valence-corrected chi connectivity index (χ4v) is 3.31. The summed E-state index contributed by atoms with van der Waals surface area (Å²) in [6.45, 7) is 1.92. The highest BCUT2D eigenvalue weighted by molar-refractivity contribution is 5.70. The Bertz CT molecular complexity index is 744. The highest BCUT2D eigenvalue weighted by Crippen LogP contribution is 2.30. The summed E-state index contributed by atoms with van der Waals surface area (Å²) in [6.07, 6.45) is 5.11. The molecule has 0 radical (unpaired) electrons. The van der Waals surface area contributed by atoms with Gasteiger partial charge in [0.05, 0.1) is 29.6 Å². The van der Waals surface area contributed by atoms with Crippen LogP contribution in [0.3, 0.4) is 0 Å². The summed E-state index contributed by atoms with van der Waals surface area (Å²) < 4.78 is 6.03. The number of aliphatic carboxylic acids is 1. The Labute approximate surface area is 146 Å². The van der Waals surface area contributed by atoms with Gasteiger partial charge in [0.15, 0.2) is 0 Å². The number of nitrogens with zero attached hydrogens (tertiary/aromatic N) is 2. The van der Waals surface area contributed by atoms with E-state index in [1.54, 1.807) is 6.20 Å². The van der Waals surface area contributed by atoms with E-state index in [0.29, 0.717) is 18.6 Å². The van der Waals surface area contributed by atoms with Crippen molar-refractivity contribution in [3.05, 3.63) is 29.7 Å². The number of aliphatic hydroxyl groups is 1. The van der Waals surface area contributed by atoms with Crippen LogP contribution in [0.1, 0.15) is 37.1 Å². The highest BCUT2D eigenvalue weighted by Gasteiger charge is 2.28. The SMILES string of the molecule is Cc1nc(-c2cn[nH]c2CCO)ccc1OC1CCCC(C(=O)O)C1. The van der Waals surface area contributed by atoms with Gasteiger partial charge in [0.25, 0.3) is 0 Å². The zero-order chi connectivity index (χ0) is 17.8. The van der Waals surface area contributed by atoms with Crippen LogP contribution in [0.2, 0.25) is 0 Å². The molecule has 2 heterocycles. The number of carboxylic acids is 1. The van der Waals surface area contributed by atoms with Crippen LogP contribution >= 0.6 is 0 Å². The third-order valence-electron chi connectivity index (χ3n) is 4.66. The molecule has 3 rings (SSSR count). The van der Waals surface area contributed by atoms with Crippen molar-refractivity contribution in [1.82, 2.24) is 15.2 Å². The molecule has 134 valence electrons. The first-order chi connectivity index (χ1) is 12.1. The summed E-state index contributed by atoms with van der Waals surface area (Å²) in [7, 11) is 0. The molecular weight excluding hydrogens is 322 g/mol. The van der Waals surface area contributed by atoms with Crippen molar-refractivity contribution < 1.29 is 19.7 Å². The molecule has 2 atom stereocenters. The molecule has 0 aliphatic heterocycles. The topological polar surface area (TPSA) is 108 Å². The second kappa shape index (κ2) is 7.65. The molecule has 2 unspecified atom stereocenters. The number of carbonyl (C=O) groups is 1. The van der Waals surface area contributed by atoms with Crippen LogP contribution in [-0.2, 0) is 11.2 Å². The van der Waals surface area contributed by atoms with Crippen molar-refractivity contribution >= 4 is 5.97 Å². The van der Waals surface area contributed by atoms with Crippen molar-refractivity contribution in [2.75, 3.05) is 6.61 Å². The lowest BCUT2D eigenvalue weighted by atomic mass is 9.87. The summed E-state index contributed by atoms with van der Waals surface area (Å²) in [5.74, 6) is -0.375. The molecule has 1 fully saturated rings. The van der Waals surface area contributed by atoms with Crippen LogP contribution < -0.4 is 4.74 Å². The van der Waals surface area contributed by atoms with Crippen LogP contribution in [0.4, 0.5) is 0 Å². The molecular formula is C18H23N3O4. The van der Waals surface area contributed by atoms with E-state index in [0.717, 1.165) is 41.9 Å². The lowest BCUT2D eigenvalue weighted by Crippen LogP contribution is -2.29. The van der Waals surface area contributed by atoms with Gasteiger partial charge < -0.3 is 14.9 Å². The number of hydrogen-bond donors (Lipinski definition) is 3. The van der Waals surface area contributed by atoms with Gasteiger partial charge in [-0.25, -0.2) is 4.98 Å². The lowest BCUT2D eigenvalue weighted by Gasteiger charge is -2.27. The first-order valence-electron chi connectivity index (χ1n) is 8.59. The van der Waals surface area contributed by atoms with Crippen LogP contribution in [0.5, 0.6) is 5.75 Å². The van der Waals surface area contributed by atoms with Crippen LogP contribution in [0.25, 0.3) is 11.3 Å². The van der Waals surface area contributed by atoms with Crippen molar-refractivity contribution in [2.45, 2.75) is 45.1 Å². The molecule has 0 spiro atoms. The summed E-state index contributed by atoms with van der Waals surface area (Å²) in [6, 6.07) is 3.74. The highest BCUT2D eigenvalue weighted by atomic mass is 16.5. The van der Waals surface area contributed by atoms with E-state index in [4.69, 9.17) is 9.84 Å². The smallest absolute Gasteiger partial charge is 0.306 e. The van der Waals surface area contributed by atoms with Gasteiger partial charge in [-0.05, 0) is 44.7 Å². The normalized spacial score (nSPS) is 20.4. The van der Waals surface area contributed by atoms with Crippen molar-refractivity contribution in [1.29, 1.82) is 0 Å². The number of hydrogen-bond acceptors (Lipinski definition) is 5. The van der Waals surface area contributed by atoms with Gasteiger partial charge in [0.1, 0.15) is 5.75 Å². The molecule has 2 aromatic heterocycles. The minimum atomic E-state index is -0.741. The van der Waals surface area contributed by atoms with E-state index >= 15 is 0 Å². The quantitative estimate of drug-likeness (QED) is 0.741. The Morgan fingerprint density at radius 2 is 2.24 bits per heavy atom. The average Bonchev–Trinajstić information content (AvgIpc) is 3.05. The Morgan fingerprint density at radius 1 is 1.40 bits per heavy atom. The molecule has 2 aromatic rings. The van der Waals surface area contributed by atoms with Crippen LogP contribution in [-0.4, -0.2) is 44.1 Å². The maximum atomic E-state index is 11.2. The van der Waals surface area contributed by atoms with Crippen LogP contribution in [0.15, 0.2) is 18.3 Å². The molecule has 0 amide bonds. The first-order valence-corrected chi connectivity index (χ1v) is 8.59. The molecule has 0 saturated heterocycles. The Morgan fingerprint density at radius 3 is 2.96 bits per heavy atom. The predicted octanol–water partition coefficient (Wildman–Crippen LogP) is 2.34. The van der Waals surface area contributed by atoms with Crippen molar-refractivity contribution in [2.24, 2.45) is 5.92 Å². The van der Waals surface area contributed by atoms with Gasteiger partial charge in [-0.1, -0.05) is 0 Å². The van der Waals surface area contributed by atoms with E-state index < -0.39 is 5.97 Å². The number of aryl methyl sites for hydroxylation is 1. The average molecular weight is 345 g/mol. The maximum Gasteiger partial charge on any atom is 0.306 e. The summed E-state index contributed by atoms with van der Waals surface area (Å²) >= 11 is 0. The molecule has 7 nitrogen and oxygen atoms in total. The molecule has 3 N–H and O–H groups in total. The summed E-state index contributed by atoms with van der Waals surface area (Å²) in [5.41, 5.74) is 3.24. The van der Waals surface area contributed by atoms with Gasteiger partial charge in [0, 0.05) is 24.3 Å². The van der Waals surface area contributed by atoms with E-state index in [1.165, 1.54) is 0 Å². The third kappa shape index (κ3) is 3.99. The van der Waals surface area contributed by atoms with Crippen molar-refractivity contribution in [3.63, 3.8) is 0 Å². The molecule has 1 saturated carbocycles. The van der Waals surface area contributed by atoms with E-state index in [2.05, 4.69) is 15.2 Å². The number of H-pyrrole nitrogens is 1. The first kappa shape index (κ1) is 17.4. The Hall–Kier alpha value is -2.41. The zero-order valence-electron chi connectivity index (χ0n) is 14.2. The Balaban J connectivity index is 1.74. The fourth-order valence-electron chi connectivity index (χ4n) is 3.31. The molecule has 0 aromatic carbocycles. The summed E-state index contributed by atoms with van der Waals surface area (Å²) in [5, 5.41) is 25.2. The van der Waals surface area contributed by atoms with E-state index in [9.17, 15) is 9.90 Å². The summed E-state index contributed by atoms with van der Waals surface area (Å²) in [4.78, 5) is 15.8. The van der Waals surface area contributed by atoms with Gasteiger partial charge >= 0.3 is 5.97 Å². The largest absolute Gasteiger partial charge is 0.489 e. The van der Waals surface area contributed by atoms with E-state index in [1.807, 2.05) is 19.1 Å². The molecule has 7 heteroatoms. The van der Waals surface area contributed by atoms with Gasteiger partial charge in [-0.2, -0.15) is 5.10 Å². The maximum absolute atomic E-state index is 11.2. The van der Waals surface area contributed by atoms with Crippen molar-refractivity contribution in [3.8, 4) is 17.0 Å². The van der Waals surface area contributed by atoms with Gasteiger partial charge in [-0.15, -0.1) is 0 Å². The number of rotatable bonds is 6. The predicted molar refractivity (Wildman–Crippen MR) is 91.4 cm³/mol. The molecule has 0 bridgehead atoms. The second-order valence-corrected chi connectivity index (χ2v) is 6.46. The number of pyridine rings is 1. The molecule has 25 heavy (non-hydrogen) atoms. The van der Waals surface area contributed by atoms with E-state index in [-0.39, 0.29) is 18.6 Å². The minimum absolute atomic E-state index is 0.0434. The number of ether oxygens (including phenoxy) is 1.